The number of likely N-dealkylation sites (N-methyl/N-ethyl adjacent to an activating group) is 1. The number of nitrogens with one attached hydrogen (secondary N) is 1. The van der Waals surface area contributed by atoms with Crippen molar-refractivity contribution in [3.8, 4) is 0 Å². The molecular formula is C14H16ClFN2O2. The van der Waals surface area contributed by atoms with Gasteiger partial charge >= 0.3 is 0 Å². The van der Waals surface area contributed by atoms with Crippen molar-refractivity contribution in [2.75, 3.05) is 7.05 Å². The van der Waals surface area contributed by atoms with Crippen LogP contribution in [0.1, 0.15) is 24.8 Å². The number of piperidine rings is 1. The lowest BCUT2D eigenvalue weighted by atomic mass is 10.0. The molecule has 108 valence electrons. The van der Waals surface area contributed by atoms with Gasteiger partial charge in [-0.1, -0.05) is 17.7 Å². The monoisotopic (exact) mass is 298 g/mol. The van der Waals surface area contributed by atoms with Gasteiger partial charge in [-0.05, 0) is 25.0 Å². The molecule has 1 unspecified atom stereocenters. The van der Waals surface area contributed by atoms with Crippen LogP contribution in [0, 0.1) is 5.82 Å². The molecule has 2 rings (SSSR count). The van der Waals surface area contributed by atoms with Crippen molar-refractivity contribution in [2.45, 2.75) is 31.8 Å². The highest BCUT2D eigenvalue weighted by Gasteiger charge is 2.30. The molecule has 0 saturated carbocycles. The number of carbonyl (C=O) groups is 2. The minimum atomic E-state index is -0.466. The normalized spacial score (nSPS) is 19.1. The SMILES string of the molecule is CN1C(=O)CCCC1C(=O)NCc1ccc(Cl)cc1F. The Bertz CT molecular complexity index is 536. The van der Waals surface area contributed by atoms with Gasteiger partial charge in [0.05, 0.1) is 0 Å². The molecule has 20 heavy (non-hydrogen) atoms. The first kappa shape index (κ1) is 14.8. The topological polar surface area (TPSA) is 49.4 Å². The number of rotatable bonds is 3. The summed E-state index contributed by atoms with van der Waals surface area (Å²) < 4.78 is 13.6. The first-order valence-corrected chi connectivity index (χ1v) is 6.84. The van der Waals surface area contributed by atoms with E-state index in [0.29, 0.717) is 29.8 Å². The van der Waals surface area contributed by atoms with Gasteiger partial charge in [-0.3, -0.25) is 9.59 Å². The van der Waals surface area contributed by atoms with Gasteiger partial charge in [-0.15, -0.1) is 0 Å². The molecule has 1 atom stereocenters. The Morgan fingerprint density at radius 1 is 1.55 bits per heavy atom. The summed E-state index contributed by atoms with van der Waals surface area (Å²) in [5.41, 5.74) is 0.368. The summed E-state index contributed by atoms with van der Waals surface area (Å²) in [6.45, 7) is 0.0837. The fraction of sp³-hybridized carbons (Fsp3) is 0.429. The Labute approximate surface area is 121 Å². The summed E-state index contributed by atoms with van der Waals surface area (Å²) in [5.74, 6) is -0.741. The van der Waals surface area contributed by atoms with Crippen LogP contribution < -0.4 is 5.32 Å². The van der Waals surface area contributed by atoms with E-state index >= 15 is 0 Å². The Kier molecular flexibility index (Phi) is 4.60. The molecule has 1 aliphatic rings. The zero-order chi connectivity index (χ0) is 14.7. The van der Waals surface area contributed by atoms with E-state index < -0.39 is 11.9 Å². The maximum Gasteiger partial charge on any atom is 0.243 e. The predicted molar refractivity (Wildman–Crippen MR) is 73.7 cm³/mol. The third-order valence-electron chi connectivity index (χ3n) is 3.50. The highest BCUT2D eigenvalue weighted by Crippen LogP contribution is 2.17. The van der Waals surface area contributed by atoms with Crippen LogP contribution in [0.2, 0.25) is 5.02 Å². The van der Waals surface area contributed by atoms with E-state index in [2.05, 4.69) is 5.32 Å². The Morgan fingerprint density at radius 2 is 2.30 bits per heavy atom. The lowest BCUT2D eigenvalue weighted by Gasteiger charge is -2.31. The molecule has 1 N–H and O–H groups in total. The van der Waals surface area contributed by atoms with Gasteiger partial charge in [0.1, 0.15) is 11.9 Å². The van der Waals surface area contributed by atoms with E-state index in [1.165, 1.54) is 17.0 Å². The Hall–Kier alpha value is -1.62. The van der Waals surface area contributed by atoms with Crippen LogP contribution in [-0.4, -0.2) is 29.8 Å². The van der Waals surface area contributed by atoms with E-state index in [1.54, 1.807) is 13.1 Å². The number of amides is 2. The number of likely N-dealkylation sites (tertiary alicyclic amines) is 1. The number of hydrogen-bond acceptors (Lipinski definition) is 2. The molecule has 4 nitrogen and oxygen atoms in total. The van der Waals surface area contributed by atoms with Gasteiger partial charge in [0.2, 0.25) is 11.8 Å². The van der Waals surface area contributed by atoms with Gasteiger partial charge in [-0.25, -0.2) is 4.39 Å². The predicted octanol–water partition coefficient (Wildman–Crippen LogP) is 2.11. The van der Waals surface area contributed by atoms with Crippen LogP contribution in [0.3, 0.4) is 0 Å². The molecule has 1 saturated heterocycles. The summed E-state index contributed by atoms with van der Waals surface area (Å²) in [6, 6.07) is 3.85. The number of carbonyl (C=O) groups excluding carboxylic acids is 2. The lowest BCUT2D eigenvalue weighted by Crippen LogP contribution is -2.49. The third kappa shape index (κ3) is 3.28. The minimum Gasteiger partial charge on any atom is -0.350 e. The smallest absolute Gasteiger partial charge is 0.243 e. The van der Waals surface area contributed by atoms with Crippen LogP contribution in [-0.2, 0) is 16.1 Å². The van der Waals surface area contributed by atoms with Crippen molar-refractivity contribution in [3.63, 3.8) is 0 Å². The maximum atomic E-state index is 13.6. The van der Waals surface area contributed by atoms with Gasteiger partial charge < -0.3 is 10.2 Å². The van der Waals surface area contributed by atoms with Crippen LogP contribution in [0.15, 0.2) is 18.2 Å². The average molecular weight is 299 g/mol. The first-order chi connectivity index (χ1) is 9.49. The molecule has 0 aliphatic carbocycles. The van der Waals surface area contributed by atoms with Crippen molar-refractivity contribution in [2.24, 2.45) is 0 Å². The molecule has 1 aromatic carbocycles. The number of nitrogens with zero attached hydrogens (tertiary/aromatic N) is 1. The van der Waals surface area contributed by atoms with Gasteiger partial charge in [-0.2, -0.15) is 0 Å². The van der Waals surface area contributed by atoms with Crippen molar-refractivity contribution < 1.29 is 14.0 Å². The molecule has 6 heteroatoms. The molecule has 0 spiro atoms. The highest BCUT2D eigenvalue weighted by atomic mass is 35.5. The Balaban J connectivity index is 1.96. The molecule has 1 heterocycles. The van der Waals surface area contributed by atoms with Crippen LogP contribution in [0.5, 0.6) is 0 Å². The largest absolute Gasteiger partial charge is 0.350 e. The summed E-state index contributed by atoms with van der Waals surface area (Å²) in [4.78, 5) is 25.1. The summed E-state index contributed by atoms with van der Waals surface area (Å²) >= 11 is 5.67. The molecule has 1 fully saturated rings. The first-order valence-electron chi connectivity index (χ1n) is 6.46. The molecule has 0 aromatic heterocycles. The van der Waals surface area contributed by atoms with Crippen molar-refractivity contribution in [1.82, 2.24) is 10.2 Å². The van der Waals surface area contributed by atoms with Crippen molar-refractivity contribution in [3.05, 3.63) is 34.6 Å². The van der Waals surface area contributed by atoms with E-state index in [0.717, 1.165) is 0 Å². The molecule has 1 aromatic rings. The average Bonchev–Trinajstić information content (AvgIpc) is 2.40. The van der Waals surface area contributed by atoms with Crippen molar-refractivity contribution in [1.29, 1.82) is 0 Å². The molecule has 0 radical (unpaired) electrons. The maximum absolute atomic E-state index is 13.6. The number of hydrogen-bond donors (Lipinski definition) is 1. The second-order valence-corrected chi connectivity index (χ2v) is 5.30. The second-order valence-electron chi connectivity index (χ2n) is 4.87. The van der Waals surface area contributed by atoms with E-state index in [1.807, 2.05) is 0 Å². The van der Waals surface area contributed by atoms with Gasteiger partial charge in [0.25, 0.3) is 0 Å². The fourth-order valence-corrected chi connectivity index (χ4v) is 2.42. The van der Waals surface area contributed by atoms with E-state index in [4.69, 9.17) is 11.6 Å². The zero-order valence-corrected chi connectivity index (χ0v) is 11.9. The quantitative estimate of drug-likeness (QED) is 0.929. The summed E-state index contributed by atoms with van der Waals surface area (Å²) in [5, 5.41) is 2.98. The van der Waals surface area contributed by atoms with E-state index in [-0.39, 0.29) is 18.4 Å². The Morgan fingerprint density at radius 3 is 3.00 bits per heavy atom. The zero-order valence-electron chi connectivity index (χ0n) is 11.2. The van der Waals surface area contributed by atoms with Gasteiger partial charge in [0.15, 0.2) is 0 Å². The third-order valence-corrected chi connectivity index (χ3v) is 3.74. The summed E-state index contributed by atoms with van der Waals surface area (Å²) in [6.07, 6.45) is 1.82. The minimum absolute atomic E-state index is 0.0333. The molecular weight excluding hydrogens is 283 g/mol. The standard InChI is InChI=1S/C14H16ClFN2O2/c1-18-12(3-2-4-13(18)19)14(20)17-8-9-5-6-10(15)7-11(9)16/h5-7,12H,2-4,8H2,1H3,(H,17,20). The van der Waals surface area contributed by atoms with Gasteiger partial charge in [0, 0.05) is 30.6 Å². The summed E-state index contributed by atoms with van der Waals surface area (Å²) in [7, 11) is 1.62. The molecule has 1 aliphatic heterocycles. The van der Waals surface area contributed by atoms with Crippen LogP contribution in [0.4, 0.5) is 4.39 Å². The van der Waals surface area contributed by atoms with Crippen LogP contribution >= 0.6 is 11.6 Å². The van der Waals surface area contributed by atoms with Crippen molar-refractivity contribution >= 4 is 23.4 Å². The highest BCUT2D eigenvalue weighted by molar-refractivity contribution is 6.30. The van der Waals surface area contributed by atoms with Crippen LogP contribution in [0.25, 0.3) is 0 Å². The number of halogens is 2. The number of benzene rings is 1. The van der Waals surface area contributed by atoms with E-state index in [9.17, 15) is 14.0 Å². The molecule has 0 bridgehead atoms. The lowest BCUT2D eigenvalue weighted by molar-refractivity contribution is -0.142. The second kappa shape index (κ2) is 6.22. The molecule has 2 amide bonds. The fourth-order valence-electron chi connectivity index (χ4n) is 2.26.